The Bertz CT molecular complexity index is 958. The van der Waals surface area contributed by atoms with Crippen LogP contribution in [0.4, 0.5) is 0 Å². The molecule has 0 atom stereocenters. The molecule has 1 aliphatic heterocycles. The van der Waals surface area contributed by atoms with Crippen LogP contribution in [0.5, 0.6) is 11.5 Å². The molecule has 1 amide bonds. The summed E-state index contributed by atoms with van der Waals surface area (Å²) < 4.78 is 38.4. The first kappa shape index (κ1) is 20.1. The normalized spacial score (nSPS) is 17.4. The number of ether oxygens (including phenoxy) is 2. The van der Waals surface area contributed by atoms with E-state index in [1.807, 2.05) is 0 Å². The zero-order valence-corrected chi connectivity index (χ0v) is 17.0. The summed E-state index contributed by atoms with van der Waals surface area (Å²) in [6.45, 7) is 4.21. The van der Waals surface area contributed by atoms with Crippen LogP contribution in [-0.4, -0.2) is 78.3 Å². The van der Waals surface area contributed by atoms with Gasteiger partial charge in [-0.2, -0.15) is 19.7 Å². The molecule has 1 aromatic carbocycles. The standard InChI is InChI=1S/C17H23N5O5S/c1-17(2)11-21(16(23)13-10-18-20-19-13)7-8-22(17)28(24,25)12-5-6-14(26-3)15(9-12)27-4/h5-6,9-10H,7-8,11H2,1-4H3,(H,18,19,20). The Morgan fingerprint density at radius 3 is 2.46 bits per heavy atom. The second-order valence-electron chi connectivity index (χ2n) is 6.99. The van der Waals surface area contributed by atoms with Gasteiger partial charge >= 0.3 is 0 Å². The van der Waals surface area contributed by atoms with Crippen molar-refractivity contribution in [1.29, 1.82) is 0 Å². The van der Waals surface area contributed by atoms with Gasteiger partial charge in [-0.25, -0.2) is 8.42 Å². The van der Waals surface area contributed by atoms with Gasteiger partial charge in [0, 0.05) is 31.2 Å². The van der Waals surface area contributed by atoms with E-state index in [1.54, 1.807) is 24.8 Å². The summed E-state index contributed by atoms with van der Waals surface area (Å²) in [5, 5.41) is 9.86. The topological polar surface area (TPSA) is 118 Å². The molecular formula is C17H23N5O5S. The molecular weight excluding hydrogens is 386 g/mol. The number of nitrogens with zero attached hydrogens (tertiary/aromatic N) is 4. The van der Waals surface area contributed by atoms with E-state index in [2.05, 4.69) is 15.4 Å². The van der Waals surface area contributed by atoms with Gasteiger partial charge in [-0.1, -0.05) is 0 Å². The minimum absolute atomic E-state index is 0.106. The van der Waals surface area contributed by atoms with Crippen LogP contribution in [0, 0.1) is 0 Å². The second kappa shape index (κ2) is 7.40. The third kappa shape index (κ3) is 3.54. The molecule has 0 bridgehead atoms. The summed E-state index contributed by atoms with van der Waals surface area (Å²) in [7, 11) is -0.867. The average molecular weight is 409 g/mol. The summed E-state index contributed by atoms with van der Waals surface area (Å²) in [6, 6.07) is 4.49. The van der Waals surface area contributed by atoms with E-state index < -0.39 is 15.6 Å². The molecule has 0 radical (unpaired) electrons. The van der Waals surface area contributed by atoms with Crippen LogP contribution in [0.2, 0.25) is 0 Å². The van der Waals surface area contributed by atoms with Gasteiger partial charge in [-0.3, -0.25) is 4.79 Å². The number of nitrogens with one attached hydrogen (secondary N) is 1. The molecule has 1 aliphatic rings. The van der Waals surface area contributed by atoms with Crippen LogP contribution in [-0.2, 0) is 10.0 Å². The van der Waals surface area contributed by atoms with E-state index in [0.717, 1.165) is 0 Å². The molecule has 1 fully saturated rings. The van der Waals surface area contributed by atoms with Crippen LogP contribution in [0.1, 0.15) is 24.3 Å². The molecule has 28 heavy (non-hydrogen) atoms. The Morgan fingerprint density at radius 2 is 1.89 bits per heavy atom. The van der Waals surface area contributed by atoms with Gasteiger partial charge < -0.3 is 14.4 Å². The maximum atomic E-state index is 13.3. The number of aromatic nitrogens is 3. The molecule has 3 rings (SSSR count). The lowest BCUT2D eigenvalue weighted by Gasteiger charge is -2.45. The number of hydrogen-bond acceptors (Lipinski definition) is 7. The SMILES string of the molecule is COc1ccc(S(=O)(=O)N2CCN(C(=O)c3cn[nH]n3)CC2(C)C)cc1OC. The quantitative estimate of drug-likeness (QED) is 0.774. The molecule has 0 unspecified atom stereocenters. The second-order valence-corrected chi connectivity index (χ2v) is 8.85. The van der Waals surface area contributed by atoms with Crippen molar-refractivity contribution < 1.29 is 22.7 Å². The van der Waals surface area contributed by atoms with Gasteiger partial charge in [-0.05, 0) is 26.0 Å². The highest BCUT2D eigenvalue weighted by Gasteiger charge is 2.43. The predicted molar refractivity (Wildman–Crippen MR) is 99.8 cm³/mol. The van der Waals surface area contributed by atoms with Crippen LogP contribution in [0.15, 0.2) is 29.3 Å². The number of aromatic amines is 1. The molecule has 11 heteroatoms. The molecule has 1 saturated heterocycles. The van der Waals surface area contributed by atoms with Gasteiger partial charge in [0.1, 0.15) is 0 Å². The number of methoxy groups -OCH3 is 2. The van der Waals surface area contributed by atoms with E-state index in [0.29, 0.717) is 11.5 Å². The summed E-state index contributed by atoms with van der Waals surface area (Å²) in [6.07, 6.45) is 1.35. The smallest absolute Gasteiger partial charge is 0.276 e. The number of benzene rings is 1. The lowest BCUT2D eigenvalue weighted by molar-refractivity contribution is 0.0489. The number of sulfonamides is 1. The third-order valence-corrected chi connectivity index (χ3v) is 6.80. The van der Waals surface area contributed by atoms with Crippen molar-refractivity contribution in [1.82, 2.24) is 24.6 Å². The summed E-state index contributed by atoms with van der Waals surface area (Å²) in [5.41, 5.74) is -0.615. The number of piperazine rings is 1. The summed E-state index contributed by atoms with van der Waals surface area (Å²) in [4.78, 5) is 14.2. The number of rotatable bonds is 5. The fourth-order valence-electron chi connectivity index (χ4n) is 3.33. The average Bonchev–Trinajstić information content (AvgIpc) is 3.20. The lowest BCUT2D eigenvalue weighted by atomic mass is 10.0. The summed E-state index contributed by atoms with van der Waals surface area (Å²) in [5.74, 6) is 0.495. The molecule has 2 heterocycles. The Morgan fingerprint density at radius 1 is 1.18 bits per heavy atom. The Balaban J connectivity index is 1.86. The molecule has 152 valence electrons. The van der Waals surface area contributed by atoms with Crippen molar-refractivity contribution in [3.05, 3.63) is 30.1 Å². The summed E-state index contributed by atoms with van der Waals surface area (Å²) >= 11 is 0. The number of hydrogen-bond donors (Lipinski definition) is 1. The van der Waals surface area contributed by atoms with E-state index in [1.165, 1.54) is 36.9 Å². The van der Waals surface area contributed by atoms with Crippen molar-refractivity contribution in [2.75, 3.05) is 33.9 Å². The van der Waals surface area contributed by atoms with E-state index in [-0.39, 0.29) is 36.1 Å². The van der Waals surface area contributed by atoms with Crippen LogP contribution in [0.3, 0.4) is 0 Å². The molecule has 1 aromatic heterocycles. The third-order valence-electron chi connectivity index (χ3n) is 4.69. The van der Waals surface area contributed by atoms with E-state index in [4.69, 9.17) is 9.47 Å². The maximum Gasteiger partial charge on any atom is 0.276 e. The van der Waals surface area contributed by atoms with Crippen LogP contribution >= 0.6 is 0 Å². The van der Waals surface area contributed by atoms with Crippen molar-refractivity contribution >= 4 is 15.9 Å². The molecule has 10 nitrogen and oxygen atoms in total. The van der Waals surface area contributed by atoms with Crippen molar-refractivity contribution in [3.63, 3.8) is 0 Å². The number of carbonyl (C=O) groups excluding carboxylic acids is 1. The monoisotopic (exact) mass is 409 g/mol. The van der Waals surface area contributed by atoms with Crippen molar-refractivity contribution in [2.45, 2.75) is 24.3 Å². The Labute approximate surface area is 163 Å². The molecule has 1 N–H and O–H groups in total. The van der Waals surface area contributed by atoms with Gasteiger partial charge in [0.25, 0.3) is 5.91 Å². The lowest BCUT2D eigenvalue weighted by Crippen LogP contribution is -2.61. The van der Waals surface area contributed by atoms with Gasteiger partial charge in [0.2, 0.25) is 10.0 Å². The van der Waals surface area contributed by atoms with Crippen LogP contribution < -0.4 is 9.47 Å². The highest BCUT2D eigenvalue weighted by atomic mass is 32.2. The van der Waals surface area contributed by atoms with Crippen molar-refractivity contribution in [3.8, 4) is 11.5 Å². The van der Waals surface area contributed by atoms with E-state index >= 15 is 0 Å². The number of H-pyrrole nitrogens is 1. The van der Waals surface area contributed by atoms with Gasteiger partial charge in [0.05, 0.1) is 25.3 Å². The molecule has 0 spiro atoms. The van der Waals surface area contributed by atoms with E-state index in [9.17, 15) is 13.2 Å². The first-order chi connectivity index (χ1) is 13.2. The molecule has 0 aliphatic carbocycles. The Hall–Kier alpha value is -2.66. The first-order valence-corrected chi connectivity index (χ1v) is 10.0. The first-order valence-electron chi connectivity index (χ1n) is 8.60. The van der Waals surface area contributed by atoms with Crippen molar-refractivity contribution in [2.24, 2.45) is 0 Å². The van der Waals surface area contributed by atoms with Gasteiger partial charge in [0.15, 0.2) is 17.2 Å². The fourth-order valence-corrected chi connectivity index (χ4v) is 5.11. The number of amides is 1. The molecule has 0 saturated carbocycles. The minimum atomic E-state index is -3.80. The van der Waals surface area contributed by atoms with Crippen LogP contribution in [0.25, 0.3) is 0 Å². The predicted octanol–water partition coefficient (Wildman–Crippen LogP) is 0.747. The zero-order valence-electron chi connectivity index (χ0n) is 16.2. The highest BCUT2D eigenvalue weighted by molar-refractivity contribution is 7.89. The zero-order chi connectivity index (χ0) is 20.5. The molecule has 2 aromatic rings. The maximum absolute atomic E-state index is 13.3. The highest BCUT2D eigenvalue weighted by Crippen LogP contribution is 2.34. The largest absolute Gasteiger partial charge is 0.493 e. The fraction of sp³-hybridized carbons (Fsp3) is 0.471. The minimum Gasteiger partial charge on any atom is -0.493 e. The van der Waals surface area contributed by atoms with Gasteiger partial charge in [-0.15, -0.1) is 0 Å². The Kier molecular flexibility index (Phi) is 5.31. The number of carbonyl (C=O) groups is 1.